The van der Waals surface area contributed by atoms with Crippen LogP contribution in [0.2, 0.25) is 5.02 Å². The minimum atomic E-state index is -0.679. The molecule has 4 rings (SSSR count). The lowest BCUT2D eigenvalue weighted by atomic mass is 10.1. The highest BCUT2D eigenvalue weighted by atomic mass is 79.9. The summed E-state index contributed by atoms with van der Waals surface area (Å²) in [6.45, 7) is 1.78. The molecular formula is C27H23BrClN3O5. The molecule has 1 aliphatic heterocycles. The monoisotopic (exact) mass is 583 g/mol. The van der Waals surface area contributed by atoms with E-state index in [0.29, 0.717) is 38.9 Å². The highest BCUT2D eigenvalue weighted by molar-refractivity contribution is 9.10. The molecule has 3 aromatic carbocycles. The largest absolute Gasteiger partial charge is 0.493 e. The average molecular weight is 585 g/mol. The molecule has 3 aromatic rings. The summed E-state index contributed by atoms with van der Waals surface area (Å²) in [5.74, 6) is -0.170. The highest BCUT2D eigenvalue weighted by Gasteiger charge is 2.35. The van der Waals surface area contributed by atoms with Gasteiger partial charge in [0.05, 0.1) is 7.11 Å². The fraction of sp³-hybridized carbons (Fsp3) is 0.148. The van der Waals surface area contributed by atoms with Crippen molar-refractivity contribution in [3.63, 3.8) is 0 Å². The summed E-state index contributed by atoms with van der Waals surface area (Å²) in [7, 11) is 1.51. The Hall–Kier alpha value is -3.82. The van der Waals surface area contributed by atoms with Gasteiger partial charge in [-0.05, 0) is 66.1 Å². The van der Waals surface area contributed by atoms with Crippen LogP contribution in [0.1, 0.15) is 16.7 Å². The van der Waals surface area contributed by atoms with E-state index in [4.69, 9.17) is 21.1 Å². The molecule has 0 saturated carbocycles. The minimum Gasteiger partial charge on any atom is -0.493 e. The van der Waals surface area contributed by atoms with Gasteiger partial charge in [-0.2, -0.15) is 0 Å². The van der Waals surface area contributed by atoms with Gasteiger partial charge in [-0.25, -0.2) is 9.69 Å². The third-order valence-electron chi connectivity index (χ3n) is 5.46. The number of hydrogen-bond donors (Lipinski definition) is 2. The van der Waals surface area contributed by atoms with Crippen LogP contribution in [0.25, 0.3) is 6.08 Å². The fourth-order valence-corrected chi connectivity index (χ4v) is 4.18. The normalized spacial score (nSPS) is 14.1. The van der Waals surface area contributed by atoms with Crippen molar-refractivity contribution in [2.24, 2.45) is 0 Å². The highest BCUT2D eigenvalue weighted by Crippen LogP contribution is 2.35. The Balaban J connectivity index is 1.47. The van der Waals surface area contributed by atoms with Gasteiger partial charge in [0, 0.05) is 15.2 Å². The number of nitrogens with zero attached hydrogens (tertiary/aromatic N) is 1. The molecule has 190 valence electrons. The van der Waals surface area contributed by atoms with Gasteiger partial charge in [-0.1, -0.05) is 51.8 Å². The number of nitrogens with one attached hydrogen (secondary N) is 2. The number of imide groups is 1. The van der Waals surface area contributed by atoms with E-state index in [-0.39, 0.29) is 5.70 Å². The Kier molecular flexibility index (Phi) is 8.15. The summed E-state index contributed by atoms with van der Waals surface area (Å²) in [5, 5.41) is 5.86. The standard InChI is InChI=1S/C27H23BrClN3O5/c1-16-4-3-5-20(10-16)30-25(33)14-32-26(34)22(31-27(32)35)11-18-12-23(36-2)24(13-21(18)28)37-15-17-6-8-19(29)9-7-17/h3-13H,14-15H2,1-2H3,(H,30,33)(H,31,35)/b22-11+. The second-order valence-corrected chi connectivity index (χ2v) is 9.53. The van der Waals surface area contributed by atoms with E-state index in [0.717, 1.165) is 16.0 Å². The van der Waals surface area contributed by atoms with Crippen LogP contribution >= 0.6 is 27.5 Å². The van der Waals surface area contributed by atoms with Crippen molar-refractivity contribution in [2.75, 3.05) is 19.0 Å². The Labute approximate surface area is 227 Å². The molecule has 2 N–H and O–H groups in total. The van der Waals surface area contributed by atoms with Crippen LogP contribution in [0.15, 0.2) is 70.8 Å². The molecule has 0 spiro atoms. The van der Waals surface area contributed by atoms with Gasteiger partial charge >= 0.3 is 6.03 Å². The molecule has 0 radical (unpaired) electrons. The maximum atomic E-state index is 12.9. The lowest BCUT2D eigenvalue weighted by molar-refractivity contribution is -0.127. The fourth-order valence-electron chi connectivity index (χ4n) is 3.61. The van der Waals surface area contributed by atoms with E-state index in [1.807, 2.05) is 25.1 Å². The SMILES string of the molecule is COc1cc(/C=C2/NC(=O)N(CC(=O)Nc3cccc(C)c3)C2=O)c(Br)cc1OCc1ccc(Cl)cc1. The van der Waals surface area contributed by atoms with Crippen molar-refractivity contribution in [1.29, 1.82) is 0 Å². The van der Waals surface area contributed by atoms with Gasteiger partial charge in [0.2, 0.25) is 5.91 Å². The number of carbonyl (C=O) groups is 3. The maximum absolute atomic E-state index is 12.9. The Morgan fingerprint density at radius 1 is 1.11 bits per heavy atom. The van der Waals surface area contributed by atoms with Crippen LogP contribution in [0.4, 0.5) is 10.5 Å². The van der Waals surface area contributed by atoms with E-state index in [2.05, 4.69) is 26.6 Å². The molecule has 1 fully saturated rings. The van der Waals surface area contributed by atoms with E-state index in [1.165, 1.54) is 13.2 Å². The van der Waals surface area contributed by atoms with Crippen molar-refractivity contribution < 1.29 is 23.9 Å². The van der Waals surface area contributed by atoms with Crippen LogP contribution in [0, 0.1) is 6.92 Å². The van der Waals surface area contributed by atoms with Crippen molar-refractivity contribution >= 4 is 57.1 Å². The molecule has 1 aliphatic rings. The average Bonchev–Trinajstić information content (AvgIpc) is 3.12. The molecule has 0 aromatic heterocycles. The van der Waals surface area contributed by atoms with Gasteiger partial charge in [0.1, 0.15) is 18.8 Å². The van der Waals surface area contributed by atoms with Crippen molar-refractivity contribution in [1.82, 2.24) is 10.2 Å². The van der Waals surface area contributed by atoms with E-state index < -0.39 is 24.4 Å². The lowest BCUT2D eigenvalue weighted by Gasteiger charge is -2.13. The number of rotatable bonds is 8. The van der Waals surface area contributed by atoms with E-state index >= 15 is 0 Å². The number of carbonyl (C=O) groups excluding carboxylic acids is 3. The van der Waals surface area contributed by atoms with Crippen molar-refractivity contribution in [3.05, 3.63) is 92.5 Å². The molecular weight excluding hydrogens is 562 g/mol. The van der Waals surface area contributed by atoms with Crippen LogP contribution in [0.3, 0.4) is 0 Å². The molecule has 8 nitrogen and oxygen atoms in total. The van der Waals surface area contributed by atoms with Crippen molar-refractivity contribution in [2.45, 2.75) is 13.5 Å². The third kappa shape index (κ3) is 6.49. The molecule has 0 bridgehead atoms. The Bertz CT molecular complexity index is 1390. The number of methoxy groups -OCH3 is 1. The zero-order valence-electron chi connectivity index (χ0n) is 20.0. The third-order valence-corrected chi connectivity index (χ3v) is 6.39. The predicted molar refractivity (Wildman–Crippen MR) is 145 cm³/mol. The predicted octanol–water partition coefficient (Wildman–Crippen LogP) is 5.53. The molecule has 1 saturated heterocycles. The molecule has 10 heteroatoms. The number of ether oxygens (including phenoxy) is 2. The summed E-state index contributed by atoms with van der Waals surface area (Å²) in [5.41, 5.74) is 3.10. The number of urea groups is 1. The topological polar surface area (TPSA) is 97.0 Å². The van der Waals surface area contributed by atoms with Crippen LogP contribution in [-0.4, -0.2) is 36.4 Å². The first-order chi connectivity index (χ1) is 17.7. The number of anilines is 1. The number of benzene rings is 3. The molecule has 1 heterocycles. The Morgan fingerprint density at radius 2 is 1.86 bits per heavy atom. The second-order valence-electron chi connectivity index (χ2n) is 8.24. The minimum absolute atomic E-state index is 0.0333. The van der Waals surface area contributed by atoms with Gasteiger partial charge in [0.25, 0.3) is 5.91 Å². The van der Waals surface area contributed by atoms with Gasteiger partial charge < -0.3 is 20.1 Å². The summed E-state index contributed by atoms with van der Waals surface area (Å²) < 4.78 is 12.0. The van der Waals surface area contributed by atoms with E-state index in [9.17, 15) is 14.4 Å². The summed E-state index contributed by atoms with van der Waals surface area (Å²) >= 11 is 9.42. The second kappa shape index (κ2) is 11.5. The zero-order valence-corrected chi connectivity index (χ0v) is 22.4. The zero-order chi connectivity index (χ0) is 26.5. The summed E-state index contributed by atoms with van der Waals surface area (Å²) in [6.07, 6.45) is 1.51. The lowest BCUT2D eigenvalue weighted by Crippen LogP contribution is -2.38. The smallest absolute Gasteiger partial charge is 0.329 e. The maximum Gasteiger partial charge on any atom is 0.329 e. The number of amides is 4. The van der Waals surface area contributed by atoms with Gasteiger partial charge in [-0.15, -0.1) is 0 Å². The number of halogens is 2. The van der Waals surface area contributed by atoms with Crippen molar-refractivity contribution in [3.8, 4) is 11.5 Å². The first-order valence-electron chi connectivity index (χ1n) is 11.2. The van der Waals surface area contributed by atoms with Crippen LogP contribution in [0.5, 0.6) is 11.5 Å². The Morgan fingerprint density at radius 3 is 2.57 bits per heavy atom. The quantitative estimate of drug-likeness (QED) is 0.268. The van der Waals surface area contributed by atoms with Crippen LogP contribution < -0.4 is 20.1 Å². The summed E-state index contributed by atoms with van der Waals surface area (Å²) in [6, 6.07) is 17.2. The van der Waals surface area contributed by atoms with Gasteiger partial charge in [-0.3, -0.25) is 9.59 Å². The molecule has 4 amide bonds. The first-order valence-corrected chi connectivity index (χ1v) is 12.4. The molecule has 0 unspecified atom stereocenters. The molecule has 0 atom stereocenters. The van der Waals surface area contributed by atoms with Gasteiger partial charge in [0.15, 0.2) is 11.5 Å². The van der Waals surface area contributed by atoms with E-state index in [1.54, 1.807) is 42.5 Å². The van der Waals surface area contributed by atoms with Crippen LogP contribution in [-0.2, 0) is 16.2 Å². The molecule has 0 aliphatic carbocycles. The summed E-state index contributed by atoms with van der Waals surface area (Å²) in [4.78, 5) is 38.6. The first kappa shape index (κ1) is 26.2. The molecule has 37 heavy (non-hydrogen) atoms. The number of aryl methyl sites for hydroxylation is 1. The number of hydrogen-bond acceptors (Lipinski definition) is 5.